The zero-order chi connectivity index (χ0) is 27.2. The van der Waals surface area contributed by atoms with Gasteiger partial charge in [0, 0.05) is 18.8 Å². The molecule has 4 aromatic rings. The Morgan fingerprint density at radius 1 is 1.03 bits per heavy atom. The molecular formula is C29H31N5O5. The first-order valence-corrected chi connectivity index (χ1v) is 12.8. The van der Waals surface area contributed by atoms with Crippen molar-refractivity contribution in [1.29, 1.82) is 0 Å². The smallest absolute Gasteiger partial charge is 0.249 e. The lowest BCUT2D eigenvalue weighted by Gasteiger charge is -2.32. The summed E-state index contributed by atoms with van der Waals surface area (Å²) in [5.41, 5.74) is 2.58. The monoisotopic (exact) mass is 529 g/mol. The van der Waals surface area contributed by atoms with Gasteiger partial charge in [-0.2, -0.15) is 0 Å². The molecule has 0 aliphatic carbocycles. The van der Waals surface area contributed by atoms with Crippen molar-refractivity contribution >= 4 is 28.5 Å². The average Bonchev–Trinajstić information content (AvgIpc) is 3.65. The molecule has 0 bridgehead atoms. The maximum atomic E-state index is 14.1. The summed E-state index contributed by atoms with van der Waals surface area (Å²) in [5, 5.41) is 11.4. The van der Waals surface area contributed by atoms with E-state index in [9.17, 15) is 9.59 Å². The number of anilines is 1. The fourth-order valence-electron chi connectivity index (χ4n) is 4.74. The molecule has 0 unspecified atom stereocenters. The molecule has 10 nitrogen and oxygen atoms in total. The van der Waals surface area contributed by atoms with Crippen LogP contribution in [0.3, 0.4) is 0 Å². The number of hydrogen-bond acceptors (Lipinski definition) is 7. The second-order valence-corrected chi connectivity index (χ2v) is 9.25. The van der Waals surface area contributed by atoms with Crippen LogP contribution in [0.25, 0.3) is 11.0 Å². The maximum Gasteiger partial charge on any atom is 0.249 e. The van der Waals surface area contributed by atoms with Crippen LogP contribution in [0.1, 0.15) is 24.4 Å². The molecule has 2 heterocycles. The summed E-state index contributed by atoms with van der Waals surface area (Å²) in [5.74, 6) is 0.637. The lowest BCUT2D eigenvalue weighted by Crippen LogP contribution is -2.46. The summed E-state index contributed by atoms with van der Waals surface area (Å²) >= 11 is 0. The minimum Gasteiger partial charge on any atom is -0.497 e. The predicted octanol–water partition coefficient (Wildman–Crippen LogP) is 3.52. The highest BCUT2D eigenvalue weighted by molar-refractivity contribution is 6.01. The Morgan fingerprint density at radius 2 is 1.72 bits per heavy atom. The number of fused-ring (bicyclic) bond motifs is 1. The quantitative estimate of drug-likeness (QED) is 0.335. The largest absolute Gasteiger partial charge is 0.497 e. The zero-order valence-electron chi connectivity index (χ0n) is 21.9. The van der Waals surface area contributed by atoms with Crippen LogP contribution >= 0.6 is 0 Å². The number of hydrogen-bond donors (Lipinski definition) is 1. The molecule has 202 valence electrons. The molecule has 3 aromatic carbocycles. The van der Waals surface area contributed by atoms with Gasteiger partial charge in [0.2, 0.25) is 11.8 Å². The van der Waals surface area contributed by atoms with E-state index in [1.54, 1.807) is 67.4 Å². The van der Waals surface area contributed by atoms with E-state index in [0.717, 1.165) is 18.4 Å². The number of benzene rings is 3. The lowest BCUT2D eigenvalue weighted by atomic mass is 10.0. The third-order valence-electron chi connectivity index (χ3n) is 6.79. The summed E-state index contributed by atoms with van der Waals surface area (Å²) in [6.07, 6.45) is 1.80. The number of aromatic nitrogens is 3. The van der Waals surface area contributed by atoms with Crippen LogP contribution in [0.2, 0.25) is 0 Å². The highest BCUT2D eigenvalue weighted by Gasteiger charge is 2.34. The van der Waals surface area contributed by atoms with Crippen LogP contribution in [0, 0.1) is 0 Å². The van der Waals surface area contributed by atoms with E-state index in [1.807, 2.05) is 24.3 Å². The van der Waals surface area contributed by atoms with E-state index in [-0.39, 0.29) is 24.5 Å². The molecule has 2 amide bonds. The van der Waals surface area contributed by atoms with Crippen molar-refractivity contribution in [3.8, 4) is 11.5 Å². The van der Waals surface area contributed by atoms with Gasteiger partial charge in [-0.15, -0.1) is 5.10 Å². The van der Waals surface area contributed by atoms with Gasteiger partial charge in [-0.05, 0) is 66.9 Å². The SMILES string of the molecule is COc1ccc([C@@H](C(=O)NC[C@H]2CCCO2)N(C(=O)Cn2nnc3ccccc32)c2ccc(OC)cc2)cc1. The van der Waals surface area contributed by atoms with Crippen LogP contribution in [-0.4, -0.2) is 60.3 Å². The Balaban J connectivity index is 1.53. The lowest BCUT2D eigenvalue weighted by molar-refractivity contribution is -0.127. The van der Waals surface area contributed by atoms with Gasteiger partial charge in [0.25, 0.3) is 0 Å². The van der Waals surface area contributed by atoms with E-state index in [2.05, 4.69) is 15.6 Å². The number of carbonyl (C=O) groups excluding carboxylic acids is 2. The fraction of sp³-hybridized carbons (Fsp3) is 0.310. The first-order valence-electron chi connectivity index (χ1n) is 12.8. The predicted molar refractivity (Wildman–Crippen MR) is 146 cm³/mol. The number of rotatable bonds is 10. The standard InChI is InChI=1S/C29H31N5O5/c1-37-22-13-9-20(10-14-22)28(29(36)30-18-24-6-5-17-39-24)34(21-11-15-23(38-2)16-12-21)27(35)19-33-26-8-4-3-7-25(26)31-32-33/h3-4,7-16,24,28H,5-6,17-19H2,1-2H3,(H,30,36)/t24-,28+/m1/s1. The molecule has 0 saturated carbocycles. The van der Waals surface area contributed by atoms with E-state index in [4.69, 9.17) is 14.2 Å². The fourth-order valence-corrected chi connectivity index (χ4v) is 4.74. The summed E-state index contributed by atoms with van der Waals surface area (Å²) < 4.78 is 17.9. The second kappa shape index (κ2) is 12.0. The summed E-state index contributed by atoms with van der Waals surface area (Å²) in [7, 11) is 3.16. The zero-order valence-corrected chi connectivity index (χ0v) is 21.9. The molecule has 0 spiro atoms. The highest BCUT2D eigenvalue weighted by Crippen LogP contribution is 2.31. The average molecular weight is 530 g/mol. The Bertz CT molecular complexity index is 1410. The van der Waals surface area contributed by atoms with Gasteiger partial charge in [0.15, 0.2) is 0 Å². The van der Waals surface area contributed by atoms with Crippen molar-refractivity contribution in [3.05, 3.63) is 78.4 Å². The van der Waals surface area contributed by atoms with Crippen molar-refractivity contribution in [2.24, 2.45) is 0 Å². The number of carbonyl (C=O) groups is 2. The minimum absolute atomic E-state index is 0.0443. The van der Waals surface area contributed by atoms with Crippen LogP contribution in [0.4, 0.5) is 5.69 Å². The molecule has 1 saturated heterocycles. The van der Waals surface area contributed by atoms with Gasteiger partial charge >= 0.3 is 0 Å². The van der Waals surface area contributed by atoms with Gasteiger partial charge in [0.1, 0.15) is 29.6 Å². The first kappa shape index (κ1) is 26.2. The Labute approximate surface area is 226 Å². The molecule has 1 aliphatic rings. The Hall–Kier alpha value is -4.44. The number of amides is 2. The molecule has 1 fully saturated rings. The Kier molecular flexibility index (Phi) is 8.02. The minimum atomic E-state index is -0.965. The maximum absolute atomic E-state index is 14.1. The first-order chi connectivity index (χ1) is 19.1. The van der Waals surface area contributed by atoms with Gasteiger partial charge < -0.3 is 19.5 Å². The van der Waals surface area contributed by atoms with Crippen molar-refractivity contribution < 1.29 is 23.8 Å². The highest BCUT2D eigenvalue weighted by atomic mass is 16.5. The number of nitrogens with zero attached hydrogens (tertiary/aromatic N) is 4. The molecule has 1 aromatic heterocycles. The van der Waals surface area contributed by atoms with Crippen LogP contribution in [0.5, 0.6) is 11.5 Å². The van der Waals surface area contributed by atoms with Gasteiger partial charge in [0.05, 0.1) is 25.8 Å². The van der Waals surface area contributed by atoms with E-state index >= 15 is 0 Å². The number of ether oxygens (including phenoxy) is 3. The molecule has 10 heteroatoms. The van der Waals surface area contributed by atoms with Gasteiger partial charge in [-0.25, -0.2) is 4.68 Å². The third kappa shape index (κ3) is 5.85. The molecule has 0 radical (unpaired) electrons. The second-order valence-electron chi connectivity index (χ2n) is 9.25. The molecule has 2 atom stereocenters. The number of nitrogens with one attached hydrogen (secondary N) is 1. The van der Waals surface area contributed by atoms with Crippen molar-refractivity contribution in [1.82, 2.24) is 20.3 Å². The van der Waals surface area contributed by atoms with E-state index < -0.39 is 6.04 Å². The topological polar surface area (TPSA) is 108 Å². The molecule has 39 heavy (non-hydrogen) atoms. The van der Waals surface area contributed by atoms with E-state index in [1.165, 1.54) is 4.90 Å². The van der Waals surface area contributed by atoms with Crippen LogP contribution in [-0.2, 0) is 20.9 Å². The Morgan fingerprint density at radius 3 is 2.38 bits per heavy atom. The van der Waals surface area contributed by atoms with Crippen molar-refractivity contribution in [2.45, 2.75) is 31.5 Å². The molecule has 1 aliphatic heterocycles. The van der Waals surface area contributed by atoms with Crippen LogP contribution < -0.4 is 19.7 Å². The van der Waals surface area contributed by atoms with Crippen molar-refractivity contribution in [2.75, 3.05) is 32.3 Å². The van der Waals surface area contributed by atoms with Gasteiger partial charge in [-0.3, -0.25) is 14.5 Å². The third-order valence-corrected chi connectivity index (χ3v) is 6.79. The summed E-state index contributed by atoms with van der Waals surface area (Å²) in [6, 6.07) is 20.7. The van der Waals surface area contributed by atoms with Crippen molar-refractivity contribution in [3.63, 3.8) is 0 Å². The van der Waals surface area contributed by atoms with Crippen LogP contribution in [0.15, 0.2) is 72.8 Å². The molecule has 5 rings (SSSR count). The van der Waals surface area contributed by atoms with Gasteiger partial charge in [-0.1, -0.05) is 29.5 Å². The molecule has 1 N–H and O–H groups in total. The summed E-state index contributed by atoms with van der Waals surface area (Å²) in [4.78, 5) is 29.5. The number of methoxy groups -OCH3 is 2. The summed E-state index contributed by atoms with van der Waals surface area (Å²) in [6.45, 7) is 0.937. The van der Waals surface area contributed by atoms with E-state index in [0.29, 0.717) is 41.4 Å². The number of para-hydroxylation sites is 1. The normalized spacial score (nSPS) is 15.6. The molecular weight excluding hydrogens is 498 g/mol.